The lowest BCUT2D eigenvalue weighted by Crippen LogP contribution is -2.56. The van der Waals surface area contributed by atoms with E-state index >= 15 is 0 Å². The Balaban J connectivity index is 3.52. The van der Waals surface area contributed by atoms with E-state index in [-0.39, 0.29) is 12.0 Å². The third-order valence-electron chi connectivity index (χ3n) is 4.75. The Morgan fingerprint density at radius 1 is 1.24 bits per heavy atom. The molecule has 7 nitrogen and oxygen atoms in total. The Hall–Kier alpha value is -2.18. The molecule has 0 spiro atoms. The van der Waals surface area contributed by atoms with Crippen LogP contribution in [0.15, 0.2) is 24.3 Å². The van der Waals surface area contributed by atoms with Crippen molar-refractivity contribution in [3.05, 3.63) is 35.6 Å². The summed E-state index contributed by atoms with van der Waals surface area (Å²) in [6.45, 7) is 7.80. The van der Waals surface area contributed by atoms with Crippen molar-refractivity contribution in [2.24, 2.45) is 0 Å². The van der Waals surface area contributed by atoms with Crippen LogP contribution in [0, 0.1) is 17.1 Å². The molecule has 0 radical (unpaired) electrons. The van der Waals surface area contributed by atoms with Crippen molar-refractivity contribution in [1.82, 2.24) is 5.32 Å². The monoisotopic (exact) mass is 428 g/mol. The van der Waals surface area contributed by atoms with Crippen LogP contribution in [0.4, 0.5) is 9.18 Å². The number of alkyl carbamates (subject to hydrolysis) is 1. The summed E-state index contributed by atoms with van der Waals surface area (Å²) in [7, 11) is -2.50. The fourth-order valence-corrected chi connectivity index (χ4v) is 3.50. The molecule has 0 aliphatic carbocycles. The number of nitriles is 1. The average Bonchev–Trinajstić information content (AvgIpc) is 2.56. The Labute approximate surface area is 172 Å². The minimum absolute atomic E-state index is 0.0755. The van der Waals surface area contributed by atoms with E-state index in [0.717, 1.165) is 6.26 Å². The van der Waals surface area contributed by atoms with Gasteiger partial charge in [-0.2, -0.15) is 5.26 Å². The highest BCUT2D eigenvalue weighted by Gasteiger charge is 2.47. The number of methoxy groups -OCH3 is 1. The van der Waals surface area contributed by atoms with Crippen LogP contribution in [0.2, 0.25) is 0 Å². The Bertz CT molecular complexity index is 891. The predicted octanol–water partition coefficient (Wildman–Crippen LogP) is 3.30. The molecule has 0 aliphatic heterocycles. The van der Waals surface area contributed by atoms with E-state index in [9.17, 15) is 22.9 Å². The molecule has 29 heavy (non-hydrogen) atoms. The summed E-state index contributed by atoms with van der Waals surface area (Å²) in [5.41, 5.74) is -2.26. The number of nitrogens with zero attached hydrogens (tertiary/aromatic N) is 1. The highest BCUT2D eigenvalue weighted by Crippen LogP contribution is 2.35. The maximum atomic E-state index is 14.7. The van der Waals surface area contributed by atoms with Crippen LogP contribution in [0.25, 0.3) is 0 Å². The van der Waals surface area contributed by atoms with Crippen LogP contribution in [-0.2, 0) is 24.8 Å². The fraction of sp³-hybridized carbons (Fsp3) is 0.600. The molecule has 3 atom stereocenters. The van der Waals surface area contributed by atoms with Crippen LogP contribution in [0.5, 0.6) is 0 Å². The molecule has 0 heterocycles. The maximum Gasteiger partial charge on any atom is 0.408 e. The van der Waals surface area contributed by atoms with E-state index in [4.69, 9.17) is 9.47 Å². The Morgan fingerprint density at radius 2 is 1.79 bits per heavy atom. The highest BCUT2D eigenvalue weighted by molar-refractivity contribution is 7.92. The second-order valence-corrected chi connectivity index (χ2v) is 10.8. The predicted molar refractivity (Wildman–Crippen MR) is 107 cm³/mol. The Morgan fingerprint density at radius 3 is 2.21 bits per heavy atom. The lowest BCUT2D eigenvalue weighted by Gasteiger charge is -2.40. The van der Waals surface area contributed by atoms with E-state index < -0.39 is 43.7 Å². The molecule has 1 N–H and O–H groups in total. The van der Waals surface area contributed by atoms with E-state index in [2.05, 4.69) is 5.32 Å². The number of hydrogen-bond acceptors (Lipinski definition) is 6. The number of sulfone groups is 1. The minimum Gasteiger partial charge on any atom is -0.444 e. The molecule has 0 saturated carbocycles. The number of ether oxygens (including phenoxy) is 2. The first kappa shape index (κ1) is 24.9. The standard InChI is InChI=1S/C20H29FN2O5S/c1-18(2,3)28-17(24)23-20(5,14-10-8-9-11-15(14)21)16(27-6)12-19(4,13-22)29(7,25)26/h8-11,16H,12H2,1-7H3,(H,23,24)/t16?,19?,20-/m1/s1. The topological polar surface area (TPSA) is 105 Å². The van der Waals surface area contributed by atoms with E-state index in [1.807, 2.05) is 6.07 Å². The lowest BCUT2D eigenvalue weighted by atomic mass is 9.81. The van der Waals surface area contributed by atoms with Gasteiger partial charge in [-0.25, -0.2) is 17.6 Å². The molecule has 2 unspecified atom stereocenters. The number of halogens is 1. The van der Waals surface area contributed by atoms with Gasteiger partial charge in [-0.1, -0.05) is 18.2 Å². The Kier molecular flexibility index (Phi) is 7.44. The van der Waals surface area contributed by atoms with Crippen LogP contribution in [0.1, 0.15) is 46.6 Å². The van der Waals surface area contributed by atoms with Gasteiger partial charge in [-0.15, -0.1) is 0 Å². The second-order valence-electron chi connectivity index (χ2n) is 8.35. The second kappa shape index (κ2) is 8.67. The first-order chi connectivity index (χ1) is 13.1. The molecule has 9 heteroatoms. The lowest BCUT2D eigenvalue weighted by molar-refractivity contribution is -0.00240. The van der Waals surface area contributed by atoms with E-state index in [0.29, 0.717) is 0 Å². The summed E-state index contributed by atoms with van der Waals surface area (Å²) in [5.74, 6) is -0.619. The molecule has 1 aromatic rings. The molecule has 1 amide bonds. The van der Waals surface area contributed by atoms with Crippen LogP contribution < -0.4 is 5.32 Å². The van der Waals surface area contributed by atoms with Crippen molar-refractivity contribution in [3.8, 4) is 6.07 Å². The van der Waals surface area contributed by atoms with Crippen molar-refractivity contribution >= 4 is 15.9 Å². The first-order valence-corrected chi connectivity index (χ1v) is 10.9. The fourth-order valence-electron chi connectivity index (χ4n) is 2.88. The van der Waals surface area contributed by atoms with Gasteiger partial charge in [0.25, 0.3) is 0 Å². The highest BCUT2D eigenvalue weighted by atomic mass is 32.2. The summed E-state index contributed by atoms with van der Waals surface area (Å²) >= 11 is 0. The summed E-state index contributed by atoms with van der Waals surface area (Å²) < 4.78 is 48.1. The summed E-state index contributed by atoms with van der Waals surface area (Å²) in [4.78, 5) is 12.5. The number of amides is 1. The number of benzene rings is 1. The molecule has 0 aliphatic rings. The van der Waals surface area contributed by atoms with Crippen LogP contribution >= 0.6 is 0 Å². The van der Waals surface area contributed by atoms with Gasteiger partial charge in [0.2, 0.25) is 0 Å². The maximum absolute atomic E-state index is 14.7. The molecule has 0 fully saturated rings. The third-order valence-corrected chi connectivity index (χ3v) is 6.65. The van der Waals surface area contributed by atoms with Crippen molar-refractivity contribution in [2.75, 3.05) is 13.4 Å². The van der Waals surface area contributed by atoms with E-state index in [1.54, 1.807) is 26.8 Å². The minimum atomic E-state index is -3.81. The van der Waals surface area contributed by atoms with Gasteiger partial charge in [0.1, 0.15) is 11.4 Å². The molecule has 0 aromatic heterocycles. The summed E-state index contributed by atoms with van der Waals surface area (Å²) in [6.07, 6.45) is -1.25. The molecule has 0 bridgehead atoms. The number of carbonyl (C=O) groups is 1. The van der Waals surface area contributed by atoms with Gasteiger partial charge in [0.15, 0.2) is 14.6 Å². The number of nitrogens with one attached hydrogen (secondary N) is 1. The van der Waals surface area contributed by atoms with E-state index in [1.165, 1.54) is 39.2 Å². The van der Waals surface area contributed by atoms with Crippen molar-refractivity contribution < 1.29 is 27.1 Å². The number of rotatable bonds is 7. The molecular formula is C20H29FN2O5S. The van der Waals surface area contributed by atoms with Gasteiger partial charge in [0.05, 0.1) is 17.7 Å². The number of carbonyl (C=O) groups excluding carboxylic acids is 1. The van der Waals surface area contributed by atoms with Crippen molar-refractivity contribution in [3.63, 3.8) is 0 Å². The zero-order chi connectivity index (χ0) is 22.7. The summed E-state index contributed by atoms with van der Waals surface area (Å²) in [6, 6.07) is 7.56. The normalized spacial score (nSPS) is 17.3. The molecule has 162 valence electrons. The zero-order valence-electron chi connectivity index (χ0n) is 17.9. The smallest absolute Gasteiger partial charge is 0.408 e. The SMILES string of the molecule is COC(CC(C)(C#N)S(C)(=O)=O)[C@](C)(NC(=O)OC(C)(C)C)c1ccccc1F. The van der Waals surface area contributed by atoms with Crippen LogP contribution in [0.3, 0.4) is 0 Å². The molecule has 0 saturated heterocycles. The van der Waals surface area contributed by atoms with Gasteiger partial charge in [-0.05, 0) is 40.7 Å². The largest absolute Gasteiger partial charge is 0.444 e. The quantitative estimate of drug-likeness (QED) is 0.714. The number of hydrogen-bond donors (Lipinski definition) is 1. The van der Waals surface area contributed by atoms with Gasteiger partial charge in [0, 0.05) is 25.3 Å². The van der Waals surface area contributed by atoms with Crippen molar-refractivity contribution in [2.45, 2.75) is 63.0 Å². The molecular weight excluding hydrogens is 399 g/mol. The first-order valence-electron chi connectivity index (χ1n) is 8.99. The third kappa shape index (κ3) is 5.90. The average molecular weight is 429 g/mol. The molecule has 1 rings (SSSR count). The van der Waals surface area contributed by atoms with Crippen molar-refractivity contribution in [1.29, 1.82) is 5.26 Å². The van der Waals surface area contributed by atoms with Crippen LogP contribution in [-0.4, -0.2) is 44.3 Å². The van der Waals surface area contributed by atoms with Gasteiger partial charge >= 0.3 is 6.09 Å². The van der Waals surface area contributed by atoms with Gasteiger partial charge < -0.3 is 14.8 Å². The summed E-state index contributed by atoms with van der Waals surface area (Å²) in [5, 5.41) is 12.1. The molecule has 1 aromatic carbocycles. The van der Waals surface area contributed by atoms with Gasteiger partial charge in [-0.3, -0.25) is 0 Å². The zero-order valence-corrected chi connectivity index (χ0v) is 18.7.